The number of aryl methyl sites for hydroxylation is 1. The van der Waals surface area contributed by atoms with Gasteiger partial charge in [0, 0.05) is 15.9 Å². The van der Waals surface area contributed by atoms with Crippen LogP contribution in [0.2, 0.25) is 0 Å². The van der Waals surface area contributed by atoms with Crippen LogP contribution >= 0.6 is 7.05 Å². The maximum Gasteiger partial charge on any atom is 0.0657 e. The summed E-state index contributed by atoms with van der Waals surface area (Å²) in [7, 11) is -2.19. The third-order valence-electron chi connectivity index (χ3n) is 5.02. The van der Waals surface area contributed by atoms with Gasteiger partial charge in [-0.05, 0) is 18.1 Å². The first kappa shape index (κ1) is 18.5. The van der Waals surface area contributed by atoms with Crippen molar-refractivity contribution in [3.63, 3.8) is 0 Å². The van der Waals surface area contributed by atoms with Crippen LogP contribution in [0.5, 0.6) is 0 Å². The number of benzene rings is 4. The molecule has 0 saturated heterocycles. The van der Waals surface area contributed by atoms with Crippen molar-refractivity contribution >= 4 is 28.7 Å². The summed E-state index contributed by atoms with van der Waals surface area (Å²) in [6, 6.07) is 40.9. The Balaban J connectivity index is 2.15. The highest BCUT2D eigenvalue weighted by molar-refractivity contribution is 7.87. The highest BCUT2D eigenvalue weighted by atomic mass is 31.2. The van der Waals surface area contributed by atoms with E-state index in [2.05, 4.69) is 122 Å². The van der Waals surface area contributed by atoms with Crippen molar-refractivity contribution in [2.75, 3.05) is 0 Å². The molecule has 1 nitrogen and oxygen atoms in total. The van der Waals surface area contributed by atoms with Gasteiger partial charge >= 0.3 is 0 Å². The summed E-state index contributed by atoms with van der Waals surface area (Å²) in [5, 5.41) is 3.83. The average molecular weight is 381 g/mol. The Morgan fingerprint density at radius 1 is 0.536 bits per heavy atom. The molecule has 0 aromatic heterocycles. The van der Waals surface area contributed by atoms with Gasteiger partial charge in [-0.2, -0.15) is 0 Å². The number of rotatable bonds is 5. The second-order valence-electron chi connectivity index (χ2n) is 6.72. The van der Waals surface area contributed by atoms with Crippen LogP contribution in [0, 0.1) is 0 Å². The molecule has 2 heteroatoms. The van der Waals surface area contributed by atoms with Gasteiger partial charge in [0.25, 0.3) is 0 Å². The highest BCUT2D eigenvalue weighted by Crippen LogP contribution is 2.49. The maximum atomic E-state index is 5.58. The minimum absolute atomic E-state index is 0.970. The molecule has 0 spiro atoms. The van der Waals surface area contributed by atoms with E-state index in [9.17, 15) is 0 Å². The predicted octanol–water partition coefficient (Wildman–Crippen LogP) is 6.06. The lowest BCUT2D eigenvalue weighted by atomic mass is 10.1. The van der Waals surface area contributed by atoms with Gasteiger partial charge in [-0.15, -0.1) is 0 Å². The van der Waals surface area contributed by atoms with Gasteiger partial charge in [0.15, 0.2) is 0 Å². The third-order valence-corrected chi connectivity index (χ3v) is 8.67. The van der Waals surface area contributed by atoms with Crippen molar-refractivity contribution in [2.45, 2.75) is 13.3 Å². The summed E-state index contributed by atoms with van der Waals surface area (Å²) in [4.78, 5) is 0. The Bertz CT molecular complexity index is 983. The van der Waals surface area contributed by atoms with Crippen LogP contribution in [0.15, 0.2) is 120 Å². The van der Waals surface area contributed by atoms with Crippen LogP contribution in [-0.4, -0.2) is 0 Å². The summed E-state index contributed by atoms with van der Waals surface area (Å²) in [5.41, 5.74) is 2.38. The molecule has 4 rings (SSSR count). The smallest absolute Gasteiger partial charge is 0.0657 e. The summed E-state index contributed by atoms with van der Waals surface area (Å²) in [6.07, 6.45) is 0.970. The van der Waals surface area contributed by atoms with E-state index in [1.54, 1.807) is 0 Å². The van der Waals surface area contributed by atoms with Crippen molar-refractivity contribution in [1.82, 2.24) is 0 Å². The van der Waals surface area contributed by atoms with Gasteiger partial charge in [-0.1, -0.05) is 116 Å². The van der Waals surface area contributed by atoms with Crippen molar-refractivity contribution < 1.29 is 0 Å². The largest absolute Gasteiger partial charge is 0.254 e. The Labute approximate surface area is 167 Å². The molecule has 0 fully saturated rings. The first-order valence-corrected chi connectivity index (χ1v) is 11.5. The second-order valence-corrected chi connectivity index (χ2v) is 9.74. The molecule has 0 aliphatic carbocycles. The van der Waals surface area contributed by atoms with Gasteiger partial charge in [0.05, 0.1) is 12.7 Å². The molecule has 0 heterocycles. The van der Waals surface area contributed by atoms with E-state index in [0.717, 1.165) is 12.1 Å². The topological polar surface area (TPSA) is 12.4 Å². The molecule has 0 unspecified atom stereocenters. The zero-order valence-corrected chi connectivity index (χ0v) is 17.0. The van der Waals surface area contributed by atoms with E-state index in [1.807, 2.05) is 0 Å². The molecule has 28 heavy (non-hydrogen) atoms. The van der Waals surface area contributed by atoms with Crippen molar-refractivity contribution in [3.8, 4) is 0 Å². The van der Waals surface area contributed by atoms with E-state index < -0.39 is 7.05 Å². The summed E-state index contributed by atoms with van der Waals surface area (Å²) in [6.45, 7) is 2.20. The molecular formula is C26H24NP. The van der Waals surface area contributed by atoms with Crippen molar-refractivity contribution in [3.05, 3.63) is 121 Å². The third kappa shape index (κ3) is 3.46. The predicted molar refractivity (Wildman–Crippen MR) is 123 cm³/mol. The molecule has 138 valence electrons. The van der Waals surface area contributed by atoms with Gasteiger partial charge in [-0.3, -0.25) is 4.74 Å². The quantitative estimate of drug-likeness (QED) is 0.373. The summed E-state index contributed by atoms with van der Waals surface area (Å²) >= 11 is 0. The van der Waals surface area contributed by atoms with E-state index in [4.69, 9.17) is 4.74 Å². The molecule has 4 aromatic rings. The molecular weight excluding hydrogens is 357 g/mol. The molecule has 0 N–H and O–H groups in total. The molecule has 0 bridgehead atoms. The lowest BCUT2D eigenvalue weighted by Crippen LogP contribution is -2.25. The molecule has 0 aliphatic rings. The Kier molecular flexibility index (Phi) is 5.55. The minimum atomic E-state index is -2.19. The van der Waals surface area contributed by atoms with E-state index in [0.29, 0.717) is 0 Å². The average Bonchev–Trinajstić information content (AvgIpc) is 2.79. The van der Waals surface area contributed by atoms with Crippen LogP contribution in [0.1, 0.15) is 12.5 Å². The Morgan fingerprint density at radius 2 is 0.929 bits per heavy atom. The fourth-order valence-electron chi connectivity index (χ4n) is 3.62. The fourth-order valence-corrected chi connectivity index (χ4v) is 7.19. The van der Waals surface area contributed by atoms with E-state index in [-0.39, 0.29) is 0 Å². The molecule has 4 aromatic carbocycles. The number of hydrogen-bond donors (Lipinski definition) is 0. The highest BCUT2D eigenvalue weighted by Gasteiger charge is 2.27. The summed E-state index contributed by atoms with van der Waals surface area (Å²) in [5.74, 6) is 0. The molecule has 0 aliphatic heterocycles. The Hall–Kier alpha value is -2.89. The monoisotopic (exact) mass is 381 g/mol. The molecule has 0 atom stereocenters. The van der Waals surface area contributed by atoms with Gasteiger partial charge < -0.3 is 0 Å². The van der Waals surface area contributed by atoms with E-state index >= 15 is 0 Å². The van der Waals surface area contributed by atoms with Crippen LogP contribution in [-0.2, 0) is 6.42 Å². The lowest BCUT2D eigenvalue weighted by molar-refractivity contribution is 1.14. The lowest BCUT2D eigenvalue weighted by Gasteiger charge is -2.27. The normalized spacial score (nSPS) is 11.2. The van der Waals surface area contributed by atoms with Crippen LogP contribution in [0.4, 0.5) is 5.69 Å². The minimum Gasteiger partial charge on any atom is -0.254 e. The first-order valence-electron chi connectivity index (χ1n) is 9.71. The summed E-state index contributed by atoms with van der Waals surface area (Å²) < 4.78 is 5.58. The van der Waals surface area contributed by atoms with Crippen LogP contribution < -0.4 is 15.9 Å². The number of hydrogen-bond acceptors (Lipinski definition) is 1. The molecule has 0 amide bonds. The van der Waals surface area contributed by atoms with Gasteiger partial charge in [0.2, 0.25) is 0 Å². The van der Waals surface area contributed by atoms with Gasteiger partial charge in [-0.25, -0.2) is 0 Å². The second kappa shape index (κ2) is 8.42. The van der Waals surface area contributed by atoms with E-state index in [1.165, 1.54) is 21.5 Å². The molecule has 0 saturated carbocycles. The van der Waals surface area contributed by atoms with Crippen molar-refractivity contribution in [1.29, 1.82) is 0 Å². The van der Waals surface area contributed by atoms with Crippen molar-refractivity contribution in [2.24, 2.45) is 4.74 Å². The zero-order chi connectivity index (χ0) is 19.2. The number of nitrogens with zero attached hydrogens (tertiary/aromatic N) is 1. The zero-order valence-electron chi connectivity index (χ0n) is 16.1. The van der Waals surface area contributed by atoms with Gasteiger partial charge in [0.1, 0.15) is 0 Å². The standard InChI is InChI=1S/C26H24NP/c1-2-22-14-12-13-21-26(22)27-28(23-15-6-3-7-16-23,24-17-8-4-9-18-24)25-19-10-5-11-20-25/h3-21H,2H2,1H3. The SMILES string of the molecule is CCc1ccccc1N=P(c1ccccc1)(c1ccccc1)c1ccccc1. The van der Waals surface area contributed by atoms with Crippen LogP contribution in [0.3, 0.4) is 0 Å². The molecule has 0 radical (unpaired) electrons. The first-order chi connectivity index (χ1) is 13.8. The van der Waals surface area contributed by atoms with Crippen LogP contribution in [0.25, 0.3) is 0 Å². The fraction of sp³-hybridized carbons (Fsp3) is 0.0769. The Morgan fingerprint density at radius 3 is 1.36 bits per heavy atom. The maximum absolute atomic E-state index is 5.58.